The van der Waals surface area contributed by atoms with Gasteiger partial charge in [-0.15, -0.1) is 12.4 Å². The molecule has 0 saturated carbocycles. The Morgan fingerprint density at radius 3 is 2.35 bits per heavy atom. The summed E-state index contributed by atoms with van der Waals surface area (Å²) in [6.07, 6.45) is 0.610. The van der Waals surface area contributed by atoms with Gasteiger partial charge in [0.15, 0.2) is 0 Å². The van der Waals surface area contributed by atoms with E-state index in [0.29, 0.717) is 25.4 Å². The van der Waals surface area contributed by atoms with Crippen molar-refractivity contribution >= 4 is 24.3 Å². The standard InChI is InChI=1S/C11H20N2O3.ClH/c1-7(2)4-9(11(15)16-3)13-10(14)8-5-12-6-8;/h7-9,12H,4-6H2,1-3H3,(H,13,14);1H. The van der Waals surface area contributed by atoms with Crippen molar-refractivity contribution in [1.82, 2.24) is 10.6 Å². The lowest BCUT2D eigenvalue weighted by atomic mass is 9.99. The van der Waals surface area contributed by atoms with Crippen LogP contribution in [0.15, 0.2) is 0 Å². The third kappa shape index (κ3) is 4.91. The van der Waals surface area contributed by atoms with E-state index >= 15 is 0 Å². The van der Waals surface area contributed by atoms with Crippen LogP contribution >= 0.6 is 12.4 Å². The van der Waals surface area contributed by atoms with E-state index in [9.17, 15) is 9.59 Å². The van der Waals surface area contributed by atoms with Crippen molar-refractivity contribution in [3.8, 4) is 0 Å². The fraction of sp³-hybridized carbons (Fsp3) is 0.818. The fourth-order valence-corrected chi connectivity index (χ4v) is 1.59. The number of hydrogen-bond acceptors (Lipinski definition) is 4. The van der Waals surface area contributed by atoms with Crippen LogP contribution in [0.3, 0.4) is 0 Å². The number of methoxy groups -OCH3 is 1. The Morgan fingerprint density at radius 1 is 1.41 bits per heavy atom. The molecule has 0 aromatic rings. The van der Waals surface area contributed by atoms with E-state index in [-0.39, 0.29) is 30.2 Å². The number of halogens is 1. The molecule has 0 bridgehead atoms. The molecule has 1 fully saturated rings. The van der Waals surface area contributed by atoms with Crippen LogP contribution in [-0.4, -0.2) is 38.1 Å². The molecule has 1 atom stereocenters. The second kappa shape index (κ2) is 7.50. The van der Waals surface area contributed by atoms with Crippen molar-refractivity contribution in [2.24, 2.45) is 11.8 Å². The van der Waals surface area contributed by atoms with Crippen LogP contribution < -0.4 is 10.6 Å². The highest BCUT2D eigenvalue weighted by molar-refractivity contribution is 5.86. The molecule has 0 aliphatic carbocycles. The lowest BCUT2D eigenvalue weighted by molar-refractivity contribution is -0.146. The molecule has 1 saturated heterocycles. The minimum Gasteiger partial charge on any atom is -0.467 e. The third-order valence-electron chi connectivity index (χ3n) is 2.66. The number of nitrogens with one attached hydrogen (secondary N) is 2. The molecule has 0 spiro atoms. The smallest absolute Gasteiger partial charge is 0.328 e. The number of ether oxygens (including phenoxy) is 1. The zero-order chi connectivity index (χ0) is 12.1. The number of carbonyl (C=O) groups is 2. The average molecular weight is 265 g/mol. The van der Waals surface area contributed by atoms with Crippen LogP contribution in [0, 0.1) is 11.8 Å². The van der Waals surface area contributed by atoms with Crippen LogP contribution in [0.5, 0.6) is 0 Å². The minimum absolute atomic E-state index is 0. The highest BCUT2D eigenvalue weighted by Gasteiger charge is 2.29. The van der Waals surface area contributed by atoms with Gasteiger partial charge in [0.25, 0.3) is 0 Å². The lowest BCUT2D eigenvalue weighted by Gasteiger charge is -2.28. The van der Waals surface area contributed by atoms with Crippen LogP contribution in [0.25, 0.3) is 0 Å². The summed E-state index contributed by atoms with van der Waals surface area (Å²) >= 11 is 0. The summed E-state index contributed by atoms with van der Waals surface area (Å²) in [6, 6.07) is -0.516. The minimum atomic E-state index is -0.516. The summed E-state index contributed by atoms with van der Waals surface area (Å²) < 4.78 is 4.68. The zero-order valence-electron chi connectivity index (χ0n) is 10.5. The van der Waals surface area contributed by atoms with Crippen molar-refractivity contribution in [3.63, 3.8) is 0 Å². The van der Waals surface area contributed by atoms with Gasteiger partial charge in [0, 0.05) is 13.1 Å². The molecule has 0 aromatic heterocycles. The summed E-state index contributed by atoms with van der Waals surface area (Å²) in [4.78, 5) is 23.1. The maximum absolute atomic E-state index is 11.7. The van der Waals surface area contributed by atoms with Crippen LogP contribution in [0.4, 0.5) is 0 Å². The largest absolute Gasteiger partial charge is 0.467 e. The van der Waals surface area contributed by atoms with Gasteiger partial charge in [-0.2, -0.15) is 0 Å². The Bertz CT molecular complexity index is 267. The summed E-state index contributed by atoms with van der Waals surface area (Å²) in [5.74, 6) is -0.0904. The van der Waals surface area contributed by atoms with E-state index in [1.807, 2.05) is 13.8 Å². The van der Waals surface area contributed by atoms with Crippen LogP contribution in [0.1, 0.15) is 20.3 Å². The highest BCUT2D eigenvalue weighted by Crippen LogP contribution is 2.09. The molecule has 1 unspecified atom stereocenters. The molecular weight excluding hydrogens is 244 g/mol. The van der Waals surface area contributed by atoms with Gasteiger partial charge in [-0.25, -0.2) is 4.79 Å². The topological polar surface area (TPSA) is 67.4 Å². The molecule has 17 heavy (non-hydrogen) atoms. The first-order valence-corrected chi connectivity index (χ1v) is 5.63. The van der Waals surface area contributed by atoms with E-state index in [1.165, 1.54) is 7.11 Å². The normalized spacial score (nSPS) is 16.7. The van der Waals surface area contributed by atoms with Crippen molar-refractivity contribution in [3.05, 3.63) is 0 Å². The molecule has 6 heteroatoms. The van der Waals surface area contributed by atoms with Gasteiger partial charge in [-0.05, 0) is 12.3 Å². The number of amides is 1. The second-order valence-electron chi connectivity index (χ2n) is 4.57. The van der Waals surface area contributed by atoms with E-state index in [4.69, 9.17) is 0 Å². The number of rotatable bonds is 5. The summed E-state index contributed by atoms with van der Waals surface area (Å²) in [7, 11) is 1.34. The molecule has 0 aromatic carbocycles. The number of hydrogen-bond donors (Lipinski definition) is 2. The van der Waals surface area contributed by atoms with E-state index in [0.717, 1.165) is 0 Å². The summed E-state index contributed by atoms with van der Waals surface area (Å²) in [5.41, 5.74) is 0. The monoisotopic (exact) mass is 264 g/mol. The molecule has 1 heterocycles. The first-order valence-electron chi connectivity index (χ1n) is 5.63. The molecule has 100 valence electrons. The lowest BCUT2D eigenvalue weighted by Crippen LogP contribution is -2.54. The quantitative estimate of drug-likeness (QED) is 0.703. The Labute approximate surface area is 108 Å². The first-order chi connectivity index (χ1) is 7.54. The Hall–Kier alpha value is -0.810. The van der Waals surface area contributed by atoms with E-state index < -0.39 is 6.04 Å². The Morgan fingerprint density at radius 2 is 2.00 bits per heavy atom. The molecule has 2 N–H and O–H groups in total. The molecular formula is C11H21ClN2O3. The van der Waals surface area contributed by atoms with Crippen LogP contribution in [-0.2, 0) is 14.3 Å². The summed E-state index contributed by atoms with van der Waals surface area (Å²) in [5, 5.41) is 5.77. The maximum atomic E-state index is 11.7. The Balaban J connectivity index is 0.00000256. The maximum Gasteiger partial charge on any atom is 0.328 e. The predicted molar refractivity (Wildman–Crippen MR) is 67.0 cm³/mol. The molecule has 1 rings (SSSR count). The average Bonchev–Trinajstić information content (AvgIpc) is 2.11. The van der Waals surface area contributed by atoms with E-state index in [2.05, 4.69) is 15.4 Å². The van der Waals surface area contributed by atoms with Gasteiger partial charge in [0.1, 0.15) is 6.04 Å². The first kappa shape index (κ1) is 16.2. The number of esters is 1. The molecule has 1 aliphatic heterocycles. The van der Waals surface area contributed by atoms with Gasteiger partial charge < -0.3 is 15.4 Å². The van der Waals surface area contributed by atoms with Gasteiger partial charge >= 0.3 is 5.97 Å². The zero-order valence-corrected chi connectivity index (χ0v) is 11.3. The second-order valence-corrected chi connectivity index (χ2v) is 4.57. The van der Waals surface area contributed by atoms with Crippen LogP contribution in [0.2, 0.25) is 0 Å². The summed E-state index contributed by atoms with van der Waals surface area (Å²) in [6.45, 7) is 5.41. The Kier molecular flexibility index (Phi) is 7.15. The van der Waals surface area contributed by atoms with Crippen molar-refractivity contribution in [2.75, 3.05) is 20.2 Å². The van der Waals surface area contributed by atoms with Gasteiger partial charge in [-0.3, -0.25) is 4.79 Å². The van der Waals surface area contributed by atoms with Gasteiger partial charge in [0.2, 0.25) is 5.91 Å². The molecule has 5 nitrogen and oxygen atoms in total. The molecule has 1 aliphatic rings. The molecule has 1 amide bonds. The SMILES string of the molecule is COC(=O)C(CC(C)C)NC(=O)C1CNC1.Cl. The van der Waals surface area contributed by atoms with E-state index in [1.54, 1.807) is 0 Å². The third-order valence-corrected chi connectivity index (χ3v) is 2.66. The van der Waals surface area contributed by atoms with Gasteiger partial charge in [0.05, 0.1) is 13.0 Å². The van der Waals surface area contributed by atoms with Crippen molar-refractivity contribution < 1.29 is 14.3 Å². The number of carbonyl (C=O) groups excluding carboxylic acids is 2. The van der Waals surface area contributed by atoms with Crippen molar-refractivity contribution in [1.29, 1.82) is 0 Å². The van der Waals surface area contributed by atoms with Gasteiger partial charge in [-0.1, -0.05) is 13.8 Å². The van der Waals surface area contributed by atoms with Crippen molar-refractivity contribution in [2.45, 2.75) is 26.3 Å². The fourth-order valence-electron chi connectivity index (χ4n) is 1.59. The predicted octanol–water partition coefficient (Wildman–Crippen LogP) is 0.331. The molecule has 0 radical (unpaired) electrons. The highest BCUT2D eigenvalue weighted by atomic mass is 35.5.